The largest absolute Gasteiger partial charge is 0.544 e. The molecule has 0 spiro atoms. The van der Waals surface area contributed by atoms with Gasteiger partial charge in [-0.15, -0.1) is 0 Å². The molecule has 0 aromatic heterocycles. The Morgan fingerprint density at radius 1 is 0.469 bits per heavy atom. The zero-order valence-electron chi connectivity index (χ0n) is 42.7. The standard InChI is InChI=1S/C56H103NO7/c1-6-8-10-12-14-16-18-20-22-24-26-28-30-32-34-36-38-40-42-44-46-54(58)63-51-52(50-62-49-48-53(56(60)61)57(3,4)5)64-55(59)47-45-43-41-39-37-35-33-31-29-27-25-23-21-19-17-15-13-11-9-7-2/h17,19,21,23,26,28,52-53H,6-16,18,20,22,24-25,27,29-51H2,1-5H3/b19-17+,23-21+,28-26+. The first-order valence-corrected chi connectivity index (χ1v) is 27.0. The minimum Gasteiger partial charge on any atom is -0.544 e. The highest BCUT2D eigenvalue weighted by Crippen LogP contribution is 2.16. The summed E-state index contributed by atoms with van der Waals surface area (Å²) in [6.45, 7) is 4.67. The van der Waals surface area contributed by atoms with Crippen molar-refractivity contribution in [1.29, 1.82) is 0 Å². The SMILES string of the molecule is CCCCCC/C=C/C=C/CCCCCCCCCCCCC(=O)OC(COCCC(C(=O)[O-])[N+](C)(C)C)COC(=O)CCCCCCCCC/C=C/CCCCCCCCCCC. The number of aliphatic carboxylic acids is 1. The summed E-state index contributed by atoms with van der Waals surface area (Å²) in [6, 6.07) is -0.727. The molecule has 0 amide bonds. The average Bonchev–Trinajstić information content (AvgIpc) is 3.26. The fraction of sp³-hybridized carbons (Fsp3) is 0.839. The van der Waals surface area contributed by atoms with Crippen LogP contribution in [0.3, 0.4) is 0 Å². The number of carboxylic acid groups (broad SMARTS) is 1. The van der Waals surface area contributed by atoms with Crippen LogP contribution in [0.15, 0.2) is 36.5 Å². The lowest BCUT2D eigenvalue weighted by molar-refractivity contribution is -0.889. The third kappa shape index (κ3) is 44.7. The Balaban J connectivity index is 4.21. The van der Waals surface area contributed by atoms with Crippen molar-refractivity contribution in [1.82, 2.24) is 0 Å². The van der Waals surface area contributed by atoms with E-state index in [1.165, 1.54) is 180 Å². The second-order valence-corrected chi connectivity index (χ2v) is 19.5. The molecule has 0 fully saturated rings. The summed E-state index contributed by atoms with van der Waals surface area (Å²) in [5.41, 5.74) is 0. The molecule has 374 valence electrons. The van der Waals surface area contributed by atoms with E-state index in [0.29, 0.717) is 12.8 Å². The van der Waals surface area contributed by atoms with Gasteiger partial charge in [0.15, 0.2) is 6.10 Å². The normalized spacial score (nSPS) is 13.1. The molecule has 64 heavy (non-hydrogen) atoms. The molecule has 8 nitrogen and oxygen atoms in total. The topological polar surface area (TPSA) is 102 Å². The first-order valence-electron chi connectivity index (χ1n) is 27.0. The van der Waals surface area contributed by atoms with Crippen molar-refractivity contribution < 1.29 is 38.2 Å². The van der Waals surface area contributed by atoms with Gasteiger partial charge in [0.25, 0.3) is 0 Å². The maximum Gasteiger partial charge on any atom is 0.306 e. The number of nitrogens with zero attached hydrogens (tertiary/aromatic N) is 1. The van der Waals surface area contributed by atoms with Crippen molar-refractivity contribution in [2.45, 2.75) is 264 Å². The van der Waals surface area contributed by atoms with Gasteiger partial charge in [-0.1, -0.05) is 204 Å². The second-order valence-electron chi connectivity index (χ2n) is 19.5. The van der Waals surface area contributed by atoms with Gasteiger partial charge >= 0.3 is 11.9 Å². The monoisotopic (exact) mass is 902 g/mol. The van der Waals surface area contributed by atoms with Crippen molar-refractivity contribution in [3.63, 3.8) is 0 Å². The quantitative estimate of drug-likeness (QED) is 0.0197. The van der Waals surface area contributed by atoms with E-state index < -0.39 is 18.1 Å². The van der Waals surface area contributed by atoms with Gasteiger partial charge in [0.2, 0.25) is 0 Å². The van der Waals surface area contributed by atoms with Crippen LogP contribution in [0.4, 0.5) is 0 Å². The highest BCUT2D eigenvalue weighted by atomic mass is 16.6. The van der Waals surface area contributed by atoms with Gasteiger partial charge in [0.05, 0.1) is 40.3 Å². The van der Waals surface area contributed by atoms with Gasteiger partial charge in [0.1, 0.15) is 12.6 Å². The van der Waals surface area contributed by atoms with Gasteiger partial charge in [0, 0.05) is 19.3 Å². The molecule has 0 aliphatic heterocycles. The number of hydrogen-bond acceptors (Lipinski definition) is 7. The molecule has 0 bridgehead atoms. The molecule has 8 heteroatoms. The number of quaternary nitrogens is 1. The number of carbonyl (C=O) groups is 3. The third-order valence-corrected chi connectivity index (χ3v) is 12.3. The lowest BCUT2D eigenvalue weighted by atomic mass is 10.1. The number of carbonyl (C=O) groups excluding carboxylic acids is 3. The fourth-order valence-corrected chi connectivity index (χ4v) is 8.06. The van der Waals surface area contributed by atoms with Gasteiger partial charge in [-0.3, -0.25) is 9.59 Å². The van der Waals surface area contributed by atoms with Crippen molar-refractivity contribution in [2.24, 2.45) is 0 Å². The van der Waals surface area contributed by atoms with Crippen LogP contribution in [-0.4, -0.2) is 75.5 Å². The minimum atomic E-state index is -1.12. The molecule has 0 N–H and O–H groups in total. The van der Waals surface area contributed by atoms with Crippen LogP contribution in [0.2, 0.25) is 0 Å². The van der Waals surface area contributed by atoms with E-state index in [2.05, 4.69) is 50.3 Å². The number of carboxylic acids is 1. The van der Waals surface area contributed by atoms with E-state index in [1.54, 1.807) is 0 Å². The van der Waals surface area contributed by atoms with Crippen LogP contribution in [-0.2, 0) is 28.6 Å². The maximum atomic E-state index is 12.8. The number of hydrogen-bond donors (Lipinski definition) is 0. The summed E-state index contributed by atoms with van der Waals surface area (Å²) in [6.07, 6.45) is 56.0. The molecule has 0 aliphatic rings. The highest BCUT2D eigenvalue weighted by molar-refractivity contribution is 5.70. The smallest absolute Gasteiger partial charge is 0.306 e. The number of rotatable bonds is 49. The number of ether oxygens (including phenoxy) is 3. The van der Waals surface area contributed by atoms with Gasteiger partial charge in [-0.25, -0.2) is 0 Å². The summed E-state index contributed by atoms with van der Waals surface area (Å²) < 4.78 is 17.3. The first kappa shape index (κ1) is 61.5. The zero-order valence-corrected chi connectivity index (χ0v) is 42.7. The van der Waals surface area contributed by atoms with Crippen molar-refractivity contribution in [2.75, 3.05) is 41.0 Å². The Morgan fingerprint density at radius 2 is 0.828 bits per heavy atom. The van der Waals surface area contributed by atoms with Crippen molar-refractivity contribution in [3.05, 3.63) is 36.5 Å². The fourth-order valence-electron chi connectivity index (χ4n) is 8.06. The van der Waals surface area contributed by atoms with Crippen LogP contribution < -0.4 is 5.11 Å². The van der Waals surface area contributed by atoms with Gasteiger partial charge < -0.3 is 28.6 Å². The average molecular weight is 902 g/mol. The molecule has 2 unspecified atom stereocenters. The molecular formula is C56H103NO7. The van der Waals surface area contributed by atoms with E-state index >= 15 is 0 Å². The van der Waals surface area contributed by atoms with Crippen molar-refractivity contribution >= 4 is 17.9 Å². The first-order chi connectivity index (χ1) is 31.1. The predicted octanol–water partition coefficient (Wildman–Crippen LogP) is 14.4. The van der Waals surface area contributed by atoms with Crippen LogP contribution in [0.1, 0.15) is 251 Å². The van der Waals surface area contributed by atoms with Gasteiger partial charge in [-0.05, 0) is 64.2 Å². The summed E-state index contributed by atoms with van der Waals surface area (Å²) in [4.78, 5) is 37.1. The Morgan fingerprint density at radius 3 is 1.23 bits per heavy atom. The van der Waals surface area contributed by atoms with E-state index in [4.69, 9.17) is 14.2 Å². The van der Waals surface area contributed by atoms with E-state index in [1.807, 2.05) is 21.1 Å². The Bertz CT molecular complexity index is 1140. The number of esters is 2. The predicted molar refractivity (Wildman–Crippen MR) is 268 cm³/mol. The summed E-state index contributed by atoms with van der Waals surface area (Å²) in [5, 5.41) is 11.7. The molecule has 0 heterocycles. The van der Waals surface area contributed by atoms with E-state index in [9.17, 15) is 19.5 Å². The molecule has 0 aromatic rings. The van der Waals surface area contributed by atoms with Crippen molar-refractivity contribution in [3.8, 4) is 0 Å². The third-order valence-electron chi connectivity index (χ3n) is 12.3. The molecule has 0 saturated heterocycles. The Labute approximate surface area is 395 Å². The van der Waals surface area contributed by atoms with Crippen LogP contribution in [0.25, 0.3) is 0 Å². The Kier molecular flexibility index (Phi) is 45.3. The van der Waals surface area contributed by atoms with E-state index in [-0.39, 0.29) is 42.7 Å². The number of likely N-dealkylation sites (N-methyl/N-ethyl adjacent to an activating group) is 1. The summed E-state index contributed by atoms with van der Waals surface area (Å²) >= 11 is 0. The molecule has 0 radical (unpaired) electrons. The minimum absolute atomic E-state index is 0.0400. The highest BCUT2D eigenvalue weighted by Gasteiger charge is 2.25. The molecule has 0 saturated carbocycles. The number of unbranched alkanes of at least 4 members (excludes halogenated alkanes) is 30. The molecule has 2 atom stereocenters. The van der Waals surface area contributed by atoms with Crippen LogP contribution in [0, 0.1) is 0 Å². The maximum absolute atomic E-state index is 12.8. The second kappa shape index (κ2) is 47.1. The summed E-state index contributed by atoms with van der Waals surface area (Å²) in [5.74, 6) is -1.73. The molecule has 0 aromatic carbocycles. The van der Waals surface area contributed by atoms with Crippen LogP contribution >= 0.6 is 0 Å². The molecule has 0 aliphatic carbocycles. The van der Waals surface area contributed by atoms with E-state index in [0.717, 1.165) is 38.5 Å². The number of allylic oxidation sites excluding steroid dienone is 6. The molecule has 0 rings (SSSR count). The summed E-state index contributed by atoms with van der Waals surface area (Å²) in [7, 11) is 5.42. The molecular weight excluding hydrogens is 799 g/mol. The zero-order chi connectivity index (χ0) is 47.0. The lowest BCUT2D eigenvalue weighted by Crippen LogP contribution is -2.55. The van der Waals surface area contributed by atoms with Gasteiger partial charge in [-0.2, -0.15) is 0 Å². The lowest BCUT2D eigenvalue weighted by Gasteiger charge is -2.34. The Hall–Kier alpha value is -2.45. The van der Waals surface area contributed by atoms with Crippen LogP contribution in [0.5, 0.6) is 0 Å².